The number of imide groups is 1. The minimum Gasteiger partial charge on any atom is -0.467 e. The monoisotopic (exact) mass is 301 g/mol. The number of esters is 1. The van der Waals surface area contributed by atoms with E-state index in [9.17, 15) is 14.4 Å². The Morgan fingerprint density at radius 3 is 2.19 bits per heavy atom. The predicted molar refractivity (Wildman–Crippen MR) is 76.0 cm³/mol. The largest absolute Gasteiger partial charge is 0.467 e. The molecule has 1 unspecified atom stereocenters. The number of hydrogen-bond acceptors (Lipinski definition) is 5. The van der Waals surface area contributed by atoms with Crippen molar-refractivity contribution >= 4 is 29.1 Å². The number of thiophene rings is 1. The van der Waals surface area contributed by atoms with Crippen molar-refractivity contribution in [1.82, 2.24) is 4.90 Å². The number of carbonyl (C=O) groups excluding carboxylic acids is 3. The first-order valence-corrected chi connectivity index (χ1v) is 7.11. The summed E-state index contributed by atoms with van der Waals surface area (Å²) >= 11 is 1.30. The van der Waals surface area contributed by atoms with Gasteiger partial charge in [0.2, 0.25) is 0 Å². The van der Waals surface area contributed by atoms with Gasteiger partial charge in [-0.05, 0) is 23.6 Å². The van der Waals surface area contributed by atoms with Gasteiger partial charge in [0, 0.05) is 4.88 Å². The Bertz CT molecular complexity index is 688. The molecule has 1 aromatic carbocycles. The molecule has 21 heavy (non-hydrogen) atoms. The lowest BCUT2D eigenvalue weighted by Gasteiger charge is -2.22. The normalized spacial score (nSPS) is 15.0. The predicted octanol–water partition coefficient (Wildman–Crippen LogP) is 2.26. The van der Waals surface area contributed by atoms with Crippen molar-refractivity contribution in [2.45, 2.75) is 6.04 Å². The molecule has 1 aliphatic heterocycles. The summed E-state index contributed by atoms with van der Waals surface area (Å²) in [6, 6.07) is 8.96. The molecule has 1 atom stereocenters. The van der Waals surface area contributed by atoms with E-state index in [0.717, 1.165) is 4.90 Å². The number of methoxy groups -OCH3 is 1. The van der Waals surface area contributed by atoms with E-state index in [4.69, 9.17) is 4.74 Å². The fraction of sp³-hybridized carbons (Fsp3) is 0.133. The summed E-state index contributed by atoms with van der Waals surface area (Å²) < 4.78 is 4.77. The van der Waals surface area contributed by atoms with E-state index in [2.05, 4.69) is 0 Å². The molecule has 2 heterocycles. The van der Waals surface area contributed by atoms with Crippen LogP contribution in [-0.2, 0) is 9.53 Å². The molecule has 0 fully saturated rings. The van der Waals surface area contributed by atoms with Crippen LogP contribution in [0, 0.1) is 0 Å². The molecule has 0 N–H and O–H groups in total. The lowest BCUT2D eigenvalue weighted by molar-refractivity contribution is -0.145. The van der Waals surface area contributed by atoms with E-state index in [-0.39, 0.29) is 0 Å². The highest BCUT2D eigenvalue weighted by Crippen LogP contribution is 2.33. The molecular weight excluding hydrogens is 290 g/mol. The van der Waals surface area contributed by atoms with E-state index >= 15 is 0 Å². The number of rotatable bonds is 3. The maximum absolute atomic E-state index is 12.5. The Balaban J connectivity index is 2.08. The van der Waals surface area contributed by atoms with Crippen LogP contribution < -0.4 is 0 Å². The van der Waals surface area contributed by atoms with Crippen LogP contribution in [0.1, 0.15) is 31.6 Å². The highest BCUT2D eigenvalue weighted by molar-refractivity contribution is 7.10. The van der Waals surface area contributed by atoms with Gasteiger partial charge in [-0.1, -0.05) is 18.2 Å². The van der Waals surface area contributed by atoms with Crippen LogP contribution in [0.5, 0.6) is 0 Å². The summed E-state index contributed by atoms with van der Waals surface area (Å²) in [6.07, 6.45) is 0. The molecular formula is C15H11NO4S. The van der Waals surface area contributed by atoms with Crippen molar-refractivity contribution in [3.8, 4) is 0 Å². The standard InChI is InChI=1S/C15H11NO4S/c1-20-15(19)12(11-7-4-8-21-11)16-13(17)9-5-2-3-6-10(9)14(16)18/h2-8,12H,1H3. The highest BCUT2D eigenvalue weighted by Gasteiger charge is 2.44. The number of carbonyl (C=O) groups is 3. The van der Waals surface area contributed by atoms with Crippen molar-refractivity contribution in [2.24, 2.45) is 0 Å². The number of amides is 2. The molecule has 106 valence electrons. The van der Waals surface area contributed by atoms with Crippen molar-refractivity contribution < 1.29 is 19.1 Å². The van der Waals surface area contributed by atoms with Gasteiger partial charge in [-0.2, -0.15) is 0 Å². The van der Waals surface area contributed by atoms with Gasteiger partial charge in [0.1, 0.15) is 0 Å². The Morgan fingerprint density at radius 1 is 1.10 bits per heavy atom. The third kappa shape index (κ3) is 2.04. The third-order valence-electron chi connectivity index (χ3n) is 3.32. The van der Waals surface area contributed by atoms with Gasteiger partial charge in [0.15, 0.2) is 6.04 Å². The maximum atomic E-state index is 12.5. The number of benzene rings is 1. The molecule has 0 saturated carbocycles. The zero-order valence-corrected chi connectivity index (χ0v) is 11.9. The van der Waals surface area contributed by atoms with E-state index in [1.165, 1.54) is 18.4 Å². The Labute approximate surface area is 124 Å². The molecule has 0 bridgehead atoms. The topological polar surface area (TPSA) is 63.7 Å². The molecule has 0 spiro atoms. The number of ether oxygens (including phenoxy) is 1. The summed E-state index contributed by atoms with van der Waals surface area (Å²) in [5, 5.41) is 1.78. The Morgan fingerprint density at radius 2 is 1.71 bits per heavy atom. The van der Waals surface area contributed by atoms with E-state index < -0.39 is 23.8 Å². The van der Waals surface area contributed by atoms with Crippen LogP contribution in [0.4, 0.5) is 0 Å². The first-order valence-electron chi connectivity index (χ1n) is 6.23. The Hall–Kier alpha value is -2.47. The van der Waals surface area contributed by atoms with Crippen molar-refractivity contribution in [2.75, 3.05) is 7.11 Å². The summed E-state index contributed by atoms with van der Waals surface area (Å²) in [5.41, 5.74) is 0.626. The molecule has 0 radical (unpaired) electrons. The van der Waals surface area contributed by atoms with Crippen LogP contribution in [0.3, 0.4) is 0 Å². The second-order valence-corrected chi connectivity index (χ2v) is 5.45. The zero-order chi connectivity index (χ0) is 15.0. The first-order chi connectivity index (χ1) is 10.1. The summed E-state index contributed by atoms with van der Waals surface area (Å²) in [6.45, 7) is 0. The van der Waals surface area contributed by atoms with E-state index in [1.54, 1.807) is 41.8 Å². The van der Waals surface area contributed by atoms with Gasteiger partial charge in [-0.15, -0.1) is 11.3 Å². The average Bonchev–Trinajstić information content (AvgIpc) is 3.11. The second-order valence-electron chi connectivity index (χ2n) is 4.47. The zero-order valence-electron chi connectivity index (χ0n) is 11.1. The van der Waals surface area contributed by atoms with Crippen molar-refractivity contribution in [3.63, 3.8) is 0 Å². The molecule has 6 heteroatoms. The smallest absolute Gasteiger partial charge is 0.334 e. The quantitative estimate of drug-likeness (QED) is 0.644. The molecule has 1 aliphatic rings. The van der Waals surface area contributed by atoms with Gasteiger partial charge in [-0.25, -0.2) is 4.79 Å². The van der Waals surface area contributed by atoms with E-state index in [0.29, 0.717) is 16.0 Å². The van der Waals surface area contributed by atoms with Crippen LogP contribution in [0.15, 0.2) is 41.8 Å². The Kier molecular flexibility index (Phi) is 3.31. The van der Waals surface area contributed by atoms with Gasteiger partial charge in [-0.3, -0.25) is 14.5 Å². The number of fused-ring (bicyclic) bond motifs is 1. The molecule has 2 amide bonds. The third-order valence-corrected chi connectivity index (χ3v) is 4.25. The summed E-state index contributed by atoms with van der Waals surface area (Å²) in [4.78, 5) is 38.6. The lowest BCUT2D eigenvalue weighted by atomic mass is 10.1. The minimum atomic E-state index is -1.04. The maximum Gasteiger partial charge on any atom is 0.334 e. The van der Waals surface area contributed by atoms with Gasteiger partial charge in [0.25, 0.3) is 11.8 Å². The fourth-order valence-electron chi connectivity index (χ4n) is 2.35. The van der Waals surface area contributed by atoms with E-state index in [1.807, 2.05) is 0 Å². The first kappa shape index (κ1) is 13.5. The molecule has 2 aromatic rings. The van der Waals surface area contributed by atoms with Gasteiger partial charge >= 0.3 is 5.97 Å². The van der Waals surface area contributed by atoms with Crippen LogP contribution in [-0.4, -0.2) is 29.8 Å². The second kappa shape index (κ2) is 5.14. The molecule has 0 aliphatic carbocycles. The summed E-state index contributed by atoms with van der Waals surface area (Å²) in [5.74, 6) is -1.58. The van der Waals surface area contributed by atoms with Gasteiger partial charge in [0.05, 0.1) is 18.2 Å². The molecule has 1 aromatic heterocycles. The highest BCUT2D eigenvalue weighted by atomic mass is 32.1. The van der Waals surface area contributed by atoms with Crippen LogP contribution >= 0.6 is 11.3 Å². The lowest BCUT2D eigenvalue weighted by Crippen LogP contribution is -2.38. The molecule has 0 saturated heterocycles. The fourth-order valence-corrected chi connectivity index (χ4v) is 3.15. The average molecular weight is 301 g/mol. The number of hydrogen-bond donors (Lipinski definition) is 0. The SMILES string of the molecule is COC(=O)C(c1cccs1)N1C(=O)c2ccccc2C1=O. The van der Waals surface area contributed by atoms with Crippen molar-refractivity contribution in [3.05, 3.63) is 57.8 Å². The van der Waals surface area contributed by atoms with Crippen LogP contribution in [0.25, 0.3) is 0 Å². The summed E-state index contributed by atoms with van der Waals surface area (Å²) in [7, 11) is 1.24. The molecule has 5 nitrogen and oxygen atoms in total. The van der Waals surface area contributed by atoms with Crippen molar-refractivity contribution in [1.29, 1.82) is 0 Å². The van der Waals surface area contributed by atoms with Crippen LogP contribution in [0.2, 0.25) is 0 Å². The number of nitrogens with zero attached hydrogens (tertiary/aromatic N) is 1. The molecule has 3 rings (SSSR count). The minimum absolute atomic E-state index is 0.313. The van der Waals surface area contributed by atoms with Gasteiger partial charge < -0.3 is 4.74 Å².